The zero-order chi connectivity index (χ0) is 24.8. The molecule has 3 N–H and O–H groups in total. The van der Waals surface area contributed by atoms with Gasteiger partial charge >= 0.3 is 0 Å². The van der Waals surface area contributed by atoms with E-state index in [0.29, 0.717) is 30.0 Å². The first kappa shape index (κ1) is 23.5. The molecule has 1 saturated carbocycles. The number of anilines is 2. The number of ether oxygens (including phenoxy) is 1. The second kappa shape index (κ2) is 9.55. The van der Waals surface area contributed by atoms with Crippen molar-refractivity contribution in [2.75, 3.05) is 37.0 Å². The van der Waals surface area contributed by atoms with Crippen LogP contribution in [0, 0.1) is 5.92 Å². The third kappa shape index (κ3) is 4.19. The van der Waals surface area contributed by atoms with Crippen LogP contribution in [0.2, 0.25) is 0 Å². The third-order valence-electron chi connectivity index (χ3n) is 7.36. The van der Waals surface area contributed by atoms with Crippen molar-refractivity contribution in [3.05, 3.63) is 47.5 Å². The summed E-state index contributed by atoms with van der Waals surface area (Å²) in [6, 6.07) is 10.1. The molecule has 2 aliphatic rings. The van der Waals surface area contributed by atoms with Gasteiger partial charge in [-0.05, 0) is 43.2 Å². The van der Waals surface area contributed by atoms with Gasteiger partial charge in [-0.25, -0.2) is 19.9 Å². The van der Waals surface area contributed by atoms with Gasteiger partial charge < -0.3 is 29.7 Å². The number of aromatic nitrogens is 5. The Bertz CT molecular complexity index is 1400. The molecule has 6 rings (SSSR count). The fourth-order valence-electron chi connectivity index (χ4n) is 5.50. The minimum Gasteiger partial charge on any atom is -0.390 e. The zero-order valence-corrected chi connectivity index (χ0v) is 21.4. The number of aliphatic hydroxyl groups is 2. The predicted octanol–water partition coefficient (Wildman–Crippen LogP) is 2.76. The number of imidazole rings is 1. The first-order valence-electron chi connectivity index (χ1n) is 12.1. The number of fused-ring (bicyclic) bond motifs is 2. The van der Waals surface area contributed by atoms with E-state index in [-0.39, 0.29) is 18.0 Å². The summed E-state index contributed by atoms with van der Waals surface area (Å²) in [6.45, 7) is 2.08. The van der Waals surface area contributed by atoms with Gasteiger partial charge in [0.2, 0.25) is 0 Å². The predicted molar refractivity (Wildman–Crippen MR) is 140 cm³/mol. The molecule has 3 aromatic heterocycles. The Morgan fingerprint density at radius 3 is 2.89 bits per heavy atom. The van der Waals surface area contributed by atoms with Crippen LogP contribution in [0.15, 0.2) is 47.5 Å². The Balaban J connectivity index is 1.19. The Morgan fingerprint density at radius 1 is 1.14 bits per heavy atom. The summed E-state index contributed by atoms with van der Waals surface area (Å²) in [5.41, 5.74) is 2.27. The van der Waals surface area contributed by atoms with E-state index in [2.05, 4.69) is 59.3 Å². The highest BCUT2D eigenvalue weighted by atomic mass is 79.9. The first-order chi connectivity index (χ1) is 17.5. The highest BCUT2D eigenvalue weighted by Crippen LogP contribution is 2.37. The Morgan fingerprint density at radius 2 is 2.03 bits per heavy atom. The quantitative estimate of drug-likeness (QED) is 0.330. The van der Waals surface area contributed by atoms with Crippen molar-refractivity contribution in [2.45, 2.75) is 37.1 Å². The van der Waals surface area contributed by atoms with Crippen molar-refractivity contribution in [3.8, 4) is 0 Å². The molecule has 0 radical (unpaired) electrons. The van der Waals surface area contributed by atoms with E-state index in [9.17, 15) is 10.2 Å². The van der Waals surface area contributed by atoms with Crippen LogP contribution in [0.1, 0.15) is 18.9 Å². The largest absolute Gasteiger partial charge is 0.390 e. The number of methoxy groups -OCH3 is 1. The highest BCUT2D eigenvalue weighted by Gasteiger charge is 2.43. The third-order valence-corrected chi connectivity index (χ3v) is 7.85. The number of nitrogens with one attached hydrogen (secondary N) is 1. The number of rotatable bonds is 6. The summed E-state index contributed by atoms with van der Waals surface area (Å²) in [4.78, 5) is 20.6. The molecular weight excluding hydrogens is 526 g/mol. The van der Waals surface area contributed by atoms with Crippen LogP contribution in [-0.2, 0) is 4.74 Å². The lowest BCUT2D eigenvalue weighted by Gasteiger charge is -2.19. The minimum atomic E-state index is -0.909. The SMILES string of the molecule is COC[C@H]1C[C@@H](n2cnc3c(N[C@H]4CCN(c5ccc6cc(Br)ccc6n5)C4)ncnc32)[C@@H](O)[C@H]1O. The van der Waals surface area contributed by atoms with Crippen LogP contribution in [-0.4, -0.2) is 79.8 Å². The van der Waals surface area contributed by atoms with Crippen molar-refractivity contribution in [2.24, 2.45) is 5.92 Å². The Kier molecular flexibility index (Phi) is 6.24. The fourth-order valence-corrected chi connectivity index (χ4v) is 5.87. The van der Waals surface area contributed by atoms with Crippen LogP contribution in [0.4, 0.5) is 11.6 Å². The van der Waals surface area contributed by atoms with Gasteiger partial charge in [-0.3, -0.25) is 0 Å². The molecule has 1 aliphatic carbocycles. The molecule has 188 valence electrons. The van der Waals surface area contributed by atoms with Crippen molar-refractivity contribution in [3.63, 3.8) is 0 Å². The number of halogens is 1. The molecule has 4 aromatic rings. The molecule has 1 aromatic carbocycles. The standard InChI is InChI=1S/C25H28BrN7O3/c1-36-11-15-9-19(23(35)22(15)34)33-13-29-21-24(27-12-28-25(21)33)30-17-6-7-32(10-17)20-5-2-14-8-16(26)3-4-18(14)31-20/h2-5,8,12-13,15,17,19,22-23,34-35H,6-7,9-11H2,1H3,(H,27,28,30)/t15-,17+,19-,22+,23-/m1/s1. The molecule has 2 fully saturated rings. The maximum Gasteiger partial charge on any atom is 0.165 e. The van der Waals surface area contributed by atoms with Crippen LogP contribution < -0.4 is 10.2 Å². The summed E-state index contributed by atoms with van der Waals surface area (Å²) in [6.07, 6.45) is 2.97. The van der Waals surface area contributed by atoms with Gasteiger partial charge in [0, 0.05) is 42.0 Å². The lowest BCUT2D eigenvalue weighted by molar-refractivity contribution is -0.00886. The lowest BCUT2D eigenvalue weighted by atomic mass is 10.1. The van der Waals surface area contributed by atoms with Crippen molar-refractivity contribution >= 4 is 49.6 Å². The number of aliphatic hydroxyl groups excluding tert-OH is 2. The summed E-state index contributed by atoms with van der Waals surface area (Å²) in [7, 11) is 1.60. The topological polar surface area (TPSA) is 121 Å². The first-order valence-corrected chi connectivity index (χ1v) is 12.9. The smallest absolute Gasteiger partial charge is 0.165 e. The number of nitrogens with zero attached hydrogens (tertiary/aromatic N) is 6. The van der Waals surface area contributed by atoms with Crippen molar-refractivity contribution in [1.29, 1.82) is 0 Å². The van der Waals surface area contributed by atoms with Gasteiger partial charge in [-0.15, -0.1) is 0 Å². The summed E-state index contributed by atoms with van der Waals surface area (Å²) < 4.78 is 8.11. The van der Waals surface area contributed by atoms with E-state index in [1.165, 1.54) is 6.33 Å². The van der Waals surface area contributed by atoms with Gasteiger partial charge in [-0.1, -0.05) is 15.9 Å². The monoisotopic (exact) mass is 553 g/mol. The highest BCUT2D eigenvalue weighted by molar-refractivity contribution is 9.10. The normalized spacial score (nSPS) is 26.3. The number of pyridine rings is 1. The van der Waals surface area contributed by atoms with E-state index in [1.807, 2.05) is 16.7 Å². The molecule has 11 heteroatoms. The van der Waals surface area contributed by atoms with Gasteiger partial charge in [0.25, 0.3) is 0 Å². The summed E-state index contributed by atoms with van der Waals surface area (Å²) in [5.74, 6) is 1.50. The van der Waals surface area contributed by atoms with Crippen LogP contribution in [0.3, 0.4) is 0 Å². The van der Waals surface area contributed by atoms with E-state index in [0.717, 1.165) is 40.7 Å². The van der Waals surface area contributed by atoms with E-state index in [1.54, 1.807) is 13.4 Å². The molecule has 10 nitrogen and oxygen atoms in total. The fraction of sp³-hybridized carbons (Fsp3) is 0.440. The average molecular weight is 554 g/mol. The molecule has 4 heterocycles. The Labute approximate surface area is 216 Å². The van der Waals surface area contributed by atoms with Gasteiger partial charge in [-0.2, -0.15) is 0 Å². The number of hydrogen-bond acceptors (Lipinski definition) is 9. The minimum absolute atomic E-state index is 0.137. The molecule has 0 unspecified atom stereocenters. The van der Waals surface area contributed by atoms with E-state index < -0.39 is 12.2 Å². The molecule has 0 spiro atoms. The second-order valence-corrected chi connectivity index (χ2v) is 10.5. The van der Waals surface area contributed by atoms with Gasteiger partial charge in [0.05, 0.1) is 30.6 Å². The molecule has 5 atom stereocenters. The lowest BCUT2D eigenvalue weighted by Crippen LogP contribution is -2.30. The molecule has 1 saturated heterocycles. The maximum absolute atomic E-state index is 10.7. The second-order valence-electron chi connectivity index (χ2n) is 9.63. The average Bonchev–Trinajstić information content (AvgIpc) is 3.59. The molecular formula is C25H28BrN7O3. The molecule has 0 bridgehead atoms. The van der Waals surface area contributed by atoms with Gasteiger partial charge in [0.1, 0.15) is 23.8 Å². The van der Waals surface area contributed by atoms with Crippen molar-refractivity contribution < 1.29 is 14.9 Å². The van der Waals surface area contributed by atoms with Crippen LogP contribution in [0.25, 0.3) is 22.1 Å². The van der Waals surface area contributed by atoms with E-state index >= 15 is 0 Å². The summed E-state index contributed by atoms with van der Waals surface area (Å²) in [5, 5.41) is 25.8. The van der Waals surface area contributed by atoms with Crippen LogP contribution in [0.5, 0.6) is 0 Å². The summed E-state index contributed by atoms with van der Waals surface area (Å²) >= 11 is 3.52. The maximum atomic E-state index is 10.7. The Hall–Kier alpha value is -2.86. The number of hydrogen-bond donors (Lipinski definition) is 3. The number of benzene rings is 1. The van der Waals surface area contributed by atoms with Gasteiger partial charge in [0.15, 0.2) is 11.5 Å². The van der Waals surface area contributed by atoms with Crippen LogP contribution >= 0.6 is 15.9 Å². The van der Waals surface area contributed by atoms with Crippen molar-refractivity contribution in [1.82, 2.24) is 24.5 Å². The van der Waals surface area contributed by atoms with E-state index in [4.69, 9.17) is 9.72 Å². The molecule has 1 aliphatic heterocycles. The molecule has 0 amide bonds. The zero-order valence-electron chi connectivity index (χ0n) is 19.8. The molecule has 36 heavy (non-hydrogen) atoms.